The van der Waals surface area contributed by atoms with Crippen molar-refractivity contribution in [3.8, 4) is 0 Å². The Bertz CT molecular complexity index is 2320. The van der Waals surface area contributed by atoms with Crippen molar-refractivity contribution in [1.29, 1.82) is 0 Å². The summed E-state index contributed by atoms with van der Waals surface area (Å²) in [6, 6.07) is -0.529. The van der Waals surface area contributed by atoms with E-state index in [2.05, 4.69) is 70.2 Å². The molecular formula is C46H58MgN4O5. The molecule has 0 amide bonds. The van der Waals surface area contributed by atoms with Crippen LogP contribution in [0.1, 0.15) is 118 Å². The average molecular weight is 771 g/mol. The number of rotatable bonds is 13. The molecular weight excluding hydrogens is 713 g/mol. The molecule has 0 aromatic carbocycles. The van der Waals surface area contributed by atoms with Gasteiger partial charge in [-0.25, -0.2) is 0 Å². The SMILES string of the molecule is C=Cc1c2[n-]c(c1C)/C=C1/[N-]C(C3=c4[nH]c(c(C)c4=C(O)[C@@H]3C(=O)OC)/C=c3\[nH]/c(c(C)c3CC)=C\2)[C@@H](CCC(=O)OC/C=C(/C)CCC[C@H](C)CC)[C@@H]1C.[Mg+2]. The maximum Gasteiger partial charge on any atom is 2.00 e. The predicted octanol–water partition coefficient (Wildman–Crippen LogP) is 6.18. The number of carbonyl (C=O) groups is 2. The van der Waals surface area contributed by atoms with Crippen molar-refractivity contribution < 1.29 is 24.2 Å². The second kappa shape index (κ2) is 18.0. The third kappa shape index (κ3) is 8.14. The molecule has 9 nitrogen and oxygen atoms in total. The summed E-state index contributed by atoms with van der Waals surface area (Å²) < 4.78 is 11.0. The Balaban J connectivity index is 0.00000600. The fraction of sp³-hybridized carbons (Fsp3) is 0.478. The van der Waals surface area contributed by atoms with Gasteiger partial charge in [0.2, 0.25) is 0 Å². The first-order valence-electron chi connectivity index (χ1n) is 20.0. The van der Waals surface area contributed by atoms with Gasteiger partial charge < -0.3 is 34.8 Å². The van der Waals surface area contributed by atoms with Crippen molar-refractivity contribution in [2.24, 2.45) is 23.7 Å². The number of hydrogen-bond donors (Lipinski definition) is 3. The molecule has 1 fully saturated rings. The molecule has 3 aliphatic rings. The third-order valence-electron chi connectivity index (χ3n) is 12.5. The fourth-order valence-electron chi connectivity index (χ4n) is 8.75. The van der Waals surface area contributed by atoms with Crippen LogP contribution in [0.5, 0.6) is 0 Å². The van der Waals surface area contributed by atoms with E-state index in [0.717, 1.165) is 80.9 Å². The van der Waals surface area contributed by atoms with E-state index in [4.69, 9.17) is 19.8 Å². The number of fused-ring (bicyclic) bond motifs is 8. The second-order valence-corrected chi connectivity index (χ2v) is 15.8. The Morgan fingerprint density at radius 2 is 1.79 bits per heavy atom. The topological polar surface area (TPSA) is 133 Å². The first-order valence-corrected chi connectivity index (χ1v) is 20.0. The maximum absolute atomic E-state index is 13.6. The van der Waals surface area contributed by atoms with Gasteiger partial charge in [-0.1, -0.05) is 82.5 Å². The number of nitrogens with zero attached hydrogens (tertiary/aromatic N) is 2. The van der Waals surface area contributed by atoms with Gasteiger partial charge >= 0.3 is 35.0 Å². The number of aliphatic hydroxyl groups is 1. The van der Waals surface area contributed by atoms with Crippen LogP contribution in [0.2, 0.25) is 0 Å². The van der Waals surface area contributed by atoms with Crippen LogP contribution in [0, 0.1) is 44.4 Å². The third-order valence-corrected chi connectivity index (χ3v) is 12.5. The Kier molecular flexibility index (Phi) is 13.8. The zero-order chi connectivity index (χ0) is 39.7. The second-order valence-electron chi connectivity index (χ2n) is 15.8. The molecule has 1 aliphatic carbocycles. The number of H-pyrrole nitrogens is 2. The zero-order valence-corrected chi connectivity index (χ0v) is 36.2. The number of aromatic amines is 2. The minimum atomic E-state index is -1.03. The monoisotopic (exact) mass is 770 g/mol. The standard InChI is InChI=1S/C46H58N4O5.Mg/c1-11-24(4)15-14-16-25(5)19-20-55-39(51)18-17-32-28(8)35-21-33-26(6)30(12-2)37(47-33)22-34-27(7)31(13-3)38(48-34)23-36-29(9)40-44(50-36)41(43(32)49-35)42(45(40)52)46(53)54-10;/h12,19,21-24,28,32,42-43,48,50,52H,2,11,13-18,20H2,1,3-10H3;/q-2;+2/b25-19-,34-22-,35-21+,38-23-;/t24-,28+,32+,42-,43?;/m1./s1. The summed E-state index contributed by atoms with van der Waals surface area (Å²) in [6.07, 6.45) is 16.1. The van der Waals surface area contributed by atoms with E-state index in [1.807, 2.05) is 32.1 Å². The van der Waals surface area contributed by atoms with E-state index in [1.165, 1.54) is 31.1 Å². The van der Waals surface area contributed by atoms with Crippen LogP contribution in [0.3, 0.4) is 0 Å². The van der Waals surface area contributed by atoms with Crippen LogP contribution in [0.4, 0.5) is 0 Å². The molecule has 3 N–H and O–H groups in total. The Hall–Kier alpha value is -4.15. The Labute approximate surface area is 347 Å². The minimum Gasteiger partial charge on any atom is -0.681 e. The number of nitrogens with one attached hydrogen (secondary N) is 2. The molecule has 5 heterocycles. The van der Waals surface area contributed by atoms with Gasteiger partial charge in [-0.05, 0) is 111 Å². The van der Waals surface area contributed by atoms with Crippen LogP contribution in [-0.4, -0.2) is 69.8 Å². The quantitative estimate of drug-likeness (QED) is 0.108. The normalized spacial score (nSPS) is 22.5. The summed E-state index contributed by atoms with van der Waals surface area (Å²) in [6.45, 7) is 21.4. The van der Waals surface area contributed by atoms with Crippen LogP contribution >= 0.6 is 0 Å². The van der Waals surface area contributed by atoms with Crippen LogP contribution in [0.25, 0.3) is 41.0 Å². The summed E-state index contributed by atoms with van der Waals surface area (Å²) in [5.41, 5.74) is 10.3. The Morgan fingerprint density at radius 1 is 1.04 bits per heavy atom. The summed E-state index contributed by atoms with van der Waals surface area (Å²) in [5, 5.41) is 20.4. The largest absolute Gasteiger partial charge is 2.00 e. The Morgan fingerprint density at radius 3 is 2.46 bits per heavy atom. The smallest absolute Gasteiger partial charge is 0.681 e. The van der Waals surface area contributed by atoms with E-state index < -0.39 is 17.9 Å². The number of carbonyl (C=O) groups excluding carboxylic acids is 2. The zero-order valence-electron chi connectivity index (χ0n) is 34.8. The molecule has 3 aromatic rings. The molecule has 1 unspecified atom stereocenters. The average Bonchev–Trinajstić information content (AvgIpc) is 3.90. The molecule has 3 aromatic heterocycles. The number of hydrogen-bond acceptors (Lipinski definition) is 5. The van der Waals surface area contributed by atoms with Crippen LogP contribution < -0.4 is 26.3 Å². The molecule has 8 bridgehead atoms. The van der Waals surface area contributed by atoms with Gasteiger partial charge in [0.1, 0.15) is 18.3 Å². The number of ether oxygens (including phenoxy) is 2. The summed E-state index contributed by atoms with van der Waals surface area (Å²) in [7, 11) is 1.34. The fourth-order valence-corrected chi connectivity index (χ4v) is 8.75. The van der Waals surface area contributed by atoms with Gasteiger partial charge in [-0.3, -0.25) is 9.59 Å². The van der Waals surface area contributed by atoms with E-state index in [0.29, 0.717) is 22.6 Å². The van der Waals surface area contributed by atoms with E-state index >= 15 is 0 Å². The summed E-state index contributed by atoms with van der Waals surface area (Å²) in [4.78, 5) is 39.2. The first kappa shape index (κ1) is 43.0. The molecule has 6 rings (SSSR count). The van der Waals surface area contributed by atoms with Crippen molar-refractivity contribution in [1.82, 2.24) is 15.0 Å². The maximum atomic E-state index is 13.6. The number of aliphatic hydroxyl groups excluding tert-OH is 1. The van der Waals surface area contributed by atoms with E-state index in [-0.39, 0.29) is 59.6 Å². The van der Waals surface area contributed by atoms with Gasteiger partial charge in [0.15, 0.2) is 0 Å². The molecule has 0 radical (unpaired) electrons. The van der Waals surface area contributed by atoms with Crippen molar-refractivity contribution in [2.45, 2.75) is 106 Å². The number of methoxy groups -OCH3 is 1. The van der Waals surface area contributed by atoms with Gasteiger partial charge in [-0.15, -0.1) is 11.4 Å². The molecule has 2 aliphatic heterocycles. The molecule has 56 heavy (non-hydrogen) atoms. The van der Waals surface area contributed by atoms with Crippen LogP contribution in [0.15, 0.2) is 23.9 Å². The minimum absolute atomic E-state index is 0. The molecule has 1 saturated heterocycles. The molecule has 294 valence electrons. The van der Waals surface area contributed by atoms with Gasteiger partial charge in [0.25, 0.3) is 0 Å². The number of esters is 2. The molecule has 5 atom stereocenters. The van der Waals surface area contributed by atoms with Crippen molar-refractivity contribution >= 4 is 70.6 Å². The number of aromatic nitrogens is 3. The molecule has 0 spiro atoms. The summed E-state index contributed by atoms with van der Waals surface area (Å²) in [5.74, 6) is -1.46. The van der Waals surface area contributed by atoms with Gasteiger partial charge in [0.05, 0.1) is 7.11 Å². The van der Waals surface area contributed by atoms with E-state index in [9.17, 15) is 14.7 Å². The van der Waals surface area contributed by atoms with Crippen molar-refractivity contribution in [3.05, 3.63) is 95.4 Å². The number of allylic oxidation sites excluding steroid dienone is 2. The van der Waals surface area contributed by atoms with E-state index in [1.54, 1.807) is 0 Å². The van der Waals surface area contributed by atoms with Crippen molar-refractivity contribution in [3.63, 3.8) is 0 Å². The molecule has 10 heteroatoms. The van der Waals surface area contributed by atoms with Crippen molar-refractivity contribution in [2.75, 3.05) is 13.7 Å². The predicted molar refractivity (Wildman–Crippen MR) is 226 cm³/mol. The van der Waals surface area contributed by atoms with Gasteiger partial charge in [-0.2, -0.15) is 5.70 Å². The first-order chi connectivity index (χ1) is 26.3. The van der Waals surface area contributed by atoms with Crippen LogP contribution in [-0.2, 0) is 25.5 Å². The summed E-state index contributed by atoms with van der Waals surface area (Å²) >= 11 is 0. The van der Waals surface area contributed by atoms with Gasteiger partial charge in [0, 0.05) is 33.4 Å². The molecule has 0 saturated carbocycles.